The highest BCUT2D eigenvalue weighted by molar-refractivity contribution is 5.97. The molecule has 1 amide bonds. The molecule has 132 valence electrons. The molecule has 0 aliphatic heterocycles. The highest BCUT2D eigenvalue weighted by Crippen LogP contribution is 2.17. The number of nitrogens with zero attached hydrogens (tertiary/aromatic N) is 1. The number of rotatable bonds is 7. The van der Waals surface area contributed by atoms with Crippen LogP contribution in [0.2, 0.25) is 0 Å². The van der Waals surface area contributed by atoms with Crippen molar-refractivity contribution in [1.29, 1.82) is 0 Å². The van der Waals surface area contributed by atoms with Crippen LogP contribution in [0.3, 0.4) is 0 Å². The van der Waals surface area contributed by atoms with Gasteiger partial charge in [0.25, 0.3) is 5.91 Å². The van der Waals surface area contributed by atoms with E-state index in [0.717, 1.165) is 11.3 Å². The molecule has 2 rings (SSSR count). The molecule has 0 bridgehead atoms. The molecule has 25 heavy (non-hydrogen) atoms. The van der Waals surface area contributed by atoms with Gasteiger partial charge in [-0.05, 0) is 43.7 Å². The Balaban J connectivity index is 2.02. The van der Waals surface area contributed by atoms with E-state index in [-0.39, 0.29) is 18.6 Å². The Bertz CT molecular complexity index is 713. The normalized spacial score (nSPS) is 10.6. The maximum Gasteiger partial charge on any atom is 0.338 e. The number of anilines is 1. The van der Waals surface area contributed by atoms with Crippen molar-refractivity contribution in [2.75, 3.05) is 18.6 Å². The van der Waals surface area contributed by atoms with Gasteiger partial charge in [0, 0.05) is 18.8 Å². The summed E-state index contributed by atoms with van der Waals surface area (Å²) in [6, 6.07) is 16.3. The molecule has 0 radical (unpaired) electrons. The zero-order chi connectivity index (χ0) is 18.2. The molecule has 0 aliphatic carbocycles. The van der Waals surface area contributed by atoms with Gasteiger partial charge in [-0.3, -0.25) is 4.79 Å². The number of amides is 1. The van der Waals surface area contributed by atoms with E-state index < -0.39 is 5.97 Å². The van der Waals surface area contributed by atoms with E-state index in [4.69, 9.17) is 9.47 Å². The third-order valence-electron chi connectivity index (χ3n) is 3.62. The fraction of sp³-hybridized carbons (Fsp3) is 0.300. The minimum Gasteiger partial charge on any atom is -0.452 e. The number of hydrogen-bond acceptors (Lipinski definition) is 4. The summed E-state index contributed by atoms with van der Waals surface area (Å²) in [4.78, 5) is 26.3. The second kappa shape index (κ2) is 8.99. The SMILES string of the molecule is COCc1cccc(C(=O)OCC(=O)N(c2ccccc2)C(C)C)c1. The third-order valence-corrected chi connectivity index (χ3v) is 3.62. The highest BCUT2D eigenvalue weighted by atomic mass is 16.5. The number of methoxy groups -OCH3 is 1. The van der Waals surface area contributed by atoms with Gasteiger partial charge in [-0.2, -0.15) is 0 Å². The molecule has 0 spiro atoms. The number of benzene rings is 2. The molecule has 0 saturated heterocycles. The number of hydrogen-bond donors (Lipinski definition) is 0. The van der Waals surface area contributed by atoms with E-state index in [1.54, 1.807) is 30.2 Å². The second-order valence-electron chi connectivity index (χ2n) is 5.90. The smallest absolute Gasteiger partial charge is 0.338 e. The fourth-order valence-corrected chi connectivity index (χ4v) is 2.55. The Kier molecular flexibility index (Phi) is 6.71. The average Bonchev–Trinajstić information content (AvgIpc) is 2.61. The lowest BCUT2D eigenvalue weighted by Gasteiger charge is -2.26. The quantitative estimate of drug-likeness (QED) is 0.724. The molecule has 0 unspecified atom stereocenters. The van der Waals surface area contributed by atoms with Gasteiger partial charge in [0.15, 0.2) is 6.61 Å². The molecule has 2 aromatic carbocycles. The maximum absolute atomic E-state index is 12.5. The molecule has 0 aromatic heterocycles. The van der Waals surface area contributed by atoms with Crippen LogP contribution in [0.5, 0.6) is 0 Å². The Labute approximate surface area is 148 Å². The summed E-state index contributed by atoms with van der Waals surface area (Å²) in [5, 5.41) is 0. The van der Waals surface area contributed by atoms with Crippen LogP contribution >= 0.6 is 0 Å². The van der Waals surface area contributed by atoms with Gasteiger partial charge in [0.1, 0.15) is 0 Å². The van der Waals surface area contributed by atoms with Gasteiger partial charge < -0.3 is 14.4 Å². The lowest BCUT2D eigenvalue weighted by molar-refractivity contribution is -0.122. The number of para-hydroxylation sites is 1. The summed E-state index contributed by atoms with van der Waals surface area (Å²) in [6.45, 7) is 3.94. The largest absolute Gasteiger partial charge is 0.452 e. The summed E-state index contributed by atoms with van der Waals surface area (Å²) >= 11 is 0. The first kappa shape index (κ1) is 18.7. The van der Waals surface area contributed by atoms with Crippen LogP contribution in [-0.4, -0.2) is 31.6 Å². The van der Waals surface area contributed by atoms with Crippen molar-refractivity contribution in [3.05, 3.63) is 65.7 Å². The van der Waals surface area contributed by atoms with E-state index >= 15 is 0 Å². The first-order valence-electron chi connectivity index (χ1n) is 8.15. The Morgan fingerprint density at radius 1 is 1.04 bits per heavy atom. The summed E-state index contributed by atoms with van der Waals surface area (Å²) < 4.78 is 10.3. The second-order valence-corrected chi connectivity index (χ2v) is 5.90. The molecule has 5 heteroatoms. The summed E-state index contributed by atoms with van der Waals surface area (Å²) in [7, 11) is 1.59. The molecule has 0 heterocycles. The van der Waals surface area contributed by atoms with Gasteiger partial charge in [-0.15, -0.1) is 0 Å². The zero-order valence-electron chi connectivity index (χ0n) is 14.8. The summed E-state index contributed by atoms with van der Waals surface area (Å²) in [5.74, 6) is -0.786. The van der Waals surface area contributed by atoms with Crippen LogP contribution < -0.4 is 4.90 Å². The Morgan fingerprint density at radius 2 is 1.76 bits per heavy atom. The Hall–Kier alpha value is -2.66. The van der Waals surface area contributed by atoms with Crippen molar-refractivity contribution in [1.82, 2.24) is 0 Å². The zero-order valence-corrected chi connectivity index (χ0v) is 14.8. The van der Waals surface area contributed by atoms with Crippen LogP contribution in [0, 0.1) is 0 Å². The monoisotopic (exact) mass is 341 g/mol. The van der Waals surface area contributed by atoms with Gasteiger partial charge >= 0.3 is 5.97 Å². The minimum atomic E-state index is -0.525. The standard InChI is InChI=1S/C20H23NO4/c1-15(2)21(18-10-5-4-6-11-18)19(22)14-25-20(23)17-9-7-8-16(12-17)13-24-3/h4-12,15H,13-14H2,1-3H3. The molecule has 0 fully saturated rings. The van der Waals surface area contributed by atoms with Crippen LogP contribution in [0.1, 0.15) is 29.8 Å². The van der Waals surface area contributed by atoms with E-state index in [0.29, 0.717) is 12.2 Å². The van der Waals surface area contributed by atoms with E-state index in [2.05, 4.69) is 0 Å². The molecular weight excluding hydrogens is 318 g/mol. The maximum atomic E-state index is 12.5. The lowest BCUT2D eigenvalue weighted by atomic mass is 10.1. The van der Waals surface area contributed by atoms with Gasteiger partial charge in [0.2, 0.25) is 0 Å². The number of carbonyl (C=O) groups is 2. The van der Waals surface area contributed by atoms with Crippen LogP contribution in [0.15, 0.2) is 54.6 Å². The lowest BCUT2D eigenvalue weighted by Crippen LogP contribution is -2.39. The molecule has 0 atom stereocenters. The Morgan fingerprint density at radius 3 is 2.40 bits per heavy atom. The van der Waals surface area contributed by atoms with Gasteiger partial charge in [0.05, 0.1) is 12.2 Å². The molecule has 5 nitrogen and oxygen atoms in total. The van der Waals surface area contributed by atoms with E-state index in [9.17, 15) is 9.59 Å². The van der Waals surface area contributed by atoms with E-state index in [1.807, 2.05) is 50.2 Å². The fourth-order valence-electron chi connectivity index (χ4n) is 2.55. The van der Waals surface area contributed by atoms with Crippen LogP contribution in [-0.2, 0) is 20.9 Å². The average molecular weight is 341 g/mol. The van der Waals surface area contributed by atoms with Crippen molar-refractivity contribution < 1.29 is 19.1 Å². The predicted molar refractivity (Wildman–Crippen MR) is 96.5 cm³/mol. The van der Waals surface area contributed by atoms with E-state index in [1.165, 1.54) is 0 Å². The summed E-state index contributed by atoms with van der Waals surface area (Å²) in [6.07, 6.45) is 0. The van der Waals surface area contributed by atoms with Crippen molar-refractivity contribution >= 4 is 17.6 Å². The van der Waals surface area contributed by atoms with Crippen molar-refractivity contribution in [3.8, 4) is 0 Å². The molecular formula is C20H23NO4. The topological polar surface area (TPSA) is 55.8 Å². The van der Waals surface area contributed by atoms with Crippen molar-refractivity contribution in [3.63, 3.8) is 0 Å². The molecule has 0 N–H and O–H groups in total. The molecule has 0 saturated carbocycles. The van der Waals surface area contributed by atoms with Crippen molar-refractivity contribution in [2.45, 2.75) is 26.5 Å². The number of ether oxygens (including phenoxy) is 2. The van der Waals surface area contributed by atoms with Crippen LogP contribution in [0.25, 0.3) is 0 Å². The third kappa shape index (κ3) is 5.16. The van der Waals surface area contributed by atoms with Crippen LogP contribution in [0.4, 0.5) is 5.69 Å². The molecule has 0 aliphatic rings. The summed E-state index contributed by atoms with van der Waals surface area (Å²) in [5.41, 5.74) is 2.05. The van der Waals surface area contributed by atoms with Gasteiger partial charge in [-0.25, -0.2) is 4.79 Å². The first-order valence-corrected chi connectivity index (χ1v) is 8.15. The number of esters is 1. The predicted octanol–water partition coefficient (Wildman–Crippen LogP) is 3.43. The highest BCUT2D eigenvalue weighted by Gasteiger charge is 2.20. The first-order chi connectivity index (χ1) is 12.0. The molecule has 2 aromatic rings. The minimum absolute atomic E-state index is 0.0429. The number of carbonyl (C=O) groups excluding carboxylic acids is 2. The van der Waals surface area contributed by atoms with Gasteiger partial charge in [-0.1, -0.05) is 30.3 Å². The van der Waals surface area contributed by atoms with Crippen molar-refractivity contribution in [2.24, 2.45) is 0 Å².